The van der Waals surface area contributed by atoms with Gasteiger partial charge in [0.2, 0.25) is 0 Å². The largest absolute Gasteiger partial charge is 0.497 e. The van der Waals surface area contributed by atoms with E-state index in [1.807, 2.05) is 45.0 Å². The number of benzene rings is 1. The average molecular weight is 367 g/mol. The summed E-state index contributed by atoms with van der Waals surface area (Å²) in [5.74, 6) is 1.08. The molecule has 0 saturated heterocycles. The lowest BCUT2D eigenvalue weighted by molar-refractivity contribution is 0.00914. The number of rotatable bonds is 8. The molecule has 3 N–H and O–H groups in total. The molecule has 0 bridgehead atoms. The zero-order chi connectivity index (χ0) is 19.9. The number of carbonyl (C=O) groups is 1. The van der Waals surface area contributed by atoms with Crippen molar-refractivity contribution in [3.8, 4) is 5.75 Å². The monoisotopic (exact) mass is 366 g/mol. The van der Waals surface area contributed by atoms with Crippen molar-refractivity contribution in [3.05, 3.63) is 29.8 Å². The molecule has 148 valence electrons. The van der Waals surface area contributed by atoms with Gasteiger partial charge < -0.3 is 25.2 Å². The number of hydrogen-bond donors (Lipinski definition) is 2. The number of aliphatic hydroxyl groups excluding tert-OH is 1. The third-order valence-corrected chi connectivity index (χ3v) is 3.80. The van der Waals surface area contributed by atoms with Crippen LogP contribution >= 0.6 is 0 Å². The van der Waals surface area contributed by atoms with Crippen LogP contribution < -0.4 is 10.5 Å². The van der Waals surface area contributed by atoms with Crippen LogP contribution in [0, 0.1) is 5.92 Å². The summed E-state index contributed by atoms with van der Waals surface area (Å²) in [7, 11) is 1.60. The number of carbonyl (C=O) groups excluding carboxylic acids is 1. The Bertz CT molecular complexity index is 569. The van der Waals surface area contributed by atoms with E-state index in [9.17, 15) is 9.90 Å². The van der Waals surface area contributed by atoms with E-state index in [1.165, 1.54) is 4.90 Å². The molecule has 1 aromatic rings. The van der Waals surface area contributed by atoms with E-state index < -0.39 is 23.8 Å². The number of ether oxygens (including phenoxy) is 2. The van der Waals surface area contributed by atoms with Crippen LogP contribution in [0.5, 0.6) is 5.75 Å². The van der Waals surface area contributed by atoms with Crippen LogP contribution in [-0.2, 0) is 11.3 Å². The fraction of sp³-hybridized carbons (Fsp3) is 0.650. The first kappa shape index (κ1) is 22.3. The summed E-state index contributed by atoms with van der Waals surface area (Å²) >= 11 is 0. The molecule has 6 heteroatoms. The van der Waals surface area contributed by atoms with Gasteiger partial charge >= 0.3 is 6.09 Å². The molecule has 0 radical (unpaired) electrons. The summed E-state index contributed by atoms with van der Waals surface area (Å²) in [6.07, 6.45) is -0.616. The first-order valence-corrected chi connectivity index (χ1v) is 9.06. The van der Waals surface area contributed by atoms with Gasteiger partial charge in [0.25, 0.3) is 0 Å². The summed E-state index contributed by atoms with van der Waals surface area (Å²) in [4.78, 5) is 14.1. The highest BCUT2D eigenvalue weighted by Crippen LogP contribution is 2.18. The summed E-state index contributed by atoms with van der Waals surface area (Å²) in [6, 6.07) is 7.07. The number of methoxy groups -OCH3 is 1. The van der Waals surface area contributed by atoms with Crippen LogP contribution in [0.1, 0.15) is 46.6 Å². The van der Waals surface area contributed by atoms with Crippen LogP contribution in [-0.4, -0.2) is 47.5 Å². The fourth-order valence-electron chi connectivity index (χ4n) is 2.58. The van der Waals surface area contributed by atoms with Gasteiger partial charge in [-0.25, -0.2) is 4.79 Å². The number of aliphatic hydroxyl groups is 1. The fourth-order valence-corrected chi connectivity index (χ4v) is 2.58. The zero-order valence-corrected chi connectivity index (χ0v) is 16.9. The molecule has 26 heavy (non-hydrogen) atoms. The third kappa shape index (κ3) is 8.06. The van der Waals surface area contributed by atoms with E-state index in [2.05, 4.69) is 13.8 Å². The van der Waals surface area contributed by atoms with Gasteiger partial charge in [0.15, 0.2) is 0 Å². The molecule has 1 aromatic carbocycles. The second-order valence-electron chi connectivity index (χ2n) is 8.07. The summed E-state index contributed by atoms with van der Waals surface area (Å²) < 4.78 is 10.7. The van der Waals surface area contributed by atoms with E-state index in [0.717, 1.165) is 5.56 Å². The van der Waals surface area contributed by atoms with Crippen LogP contribution in [0.4, 0.5) is 4.79 Å². The molecule has 2 atom stereocenters. The maximum atomic E-state index is 12.6. The molecule has 1 amide bonds. The molecule has 0 aliphatic rings. The van der Waals surface area contributed by atoms with E-state index in [0.29, 0.717) is 24.6 Å². The molecular weight excluding hydrogens is 332 g/mol. The van der Waals surface area contributed by atoms with Crippen LogP contribution in [0.15, 0.2) is 24.3 Å². The topological polar surface area (TPSA) is 85.0 Å². The van der Waals surface area contributed by atoms with Crippen molar-refractivity contribution in [2.24, 2.45) is 11.7 Å². The van der Waals surface area contributed by atoms with E-state index in [4.69, 9.17) is 15.2 Å². The lowest BCUT2D eigenvalue weighted by Gasteiger charge is -2.31. The minimum Gasteiger partial charge on any atom is -0.497 e. The molecule has 2 unspecified atom stereocenters. The Morgan fingerprint density at radius 3 is 2.50 bits per heavy atom. The first-order valence-electron chi connectivity index (χ1n) is 9.06. The summed E-state index contributed by atoms with van der Waals surface area (Å²) in [5, 5.41) is 10.5. The van der Waals surface area contributed by atoms with Gasteiger partial charge in [0, 0.05) is 12.6 Å². The molecule has 6 nitrogen and oxygen atoms in total. The Morgan fingerprint density at radius 1 is 1.31 bits per heavy atom. The van der Waals surface area contributed by atoms with Gasteiger partial charge in [-0.2, -0.15) is 0 Å². The standard InChI is InChI=1S/C20H34N2O4/c1-14(2)10-17(21)18(23)13-22(19(24)26-20(3,4)5)12-15-8-7-9-16(11-15)25-6/h7-9,11,14,17-18,23H,10,12-13,21H2,1-6H3. The van der Waals surface area contributed by atoms with Gasteiger partial charge in [-0.1, -0.05) is 26.0 Å². The van der Waals surface area contributed by atoms with Crippen molar-refractivity contribution in [3.63, 3.8) is 0 Å². The van der Waals surface area contributed by atoms with Crippen molar-refractivity contribution in [1.82, 2.24) is 4.90 Å². The van der Waals surface area contributed by atoms with Gasteiger partial charge in [-0.15, -0.1) is 0 Å². The number of hydrogen-bond acceptors (Lipinski definition) is 5. The Balaban J connectivity index is 2.92. The Labute approximate surface area is 157 Å². The molecular formula is C20H34N2O4. The second-order valence-corrected chi connectivity index (χ2v) is 8.07. The highest BCUT2D eigenvalue weighted by Gasteiger charge is 2.26. The molecule has 1 rings (SSSR count). The van der Waals surface area contributed by atoms with Crippen molar-refractivity contribution in [2.45, 2.75) is 65.3 Å². The summed E-state index contributed by atoms with van der Waals surface area (Å²) in [6.45, 7) is 9.96. The number of amides is 1. The molecule has 0 spiro atoms. The summed E-state index contributed by atoms with van der Waals surface area (Å²) in [5.41, 5.74) is 6.36. The highest BCUT2D eigenvalue weighted by molar-refractivity contribution is 5.68. The Kier molecular flexibility index (Phi) is 8.37. The van der Waals surface area contributed by atoms with E-state index in [-0.39, 0.29) is 6.54 Å². The second kappa shape index (κ2) is 9.78. The van der Waals surface area contributed by atoms with Crippen LogP contribution in [0.2, 0.25) is 0 Å². The third-order valence-electron chi connectivity index (χ3n) is 3.80. The minimum absolute atomic E-state index is 0.111. The predicted octanol–water partition coefficient (Wildman–Crippen LogP) is 3.17. The molecule has 0 fully saturated rings. The molecule has 0 aliphatic heterocycles. The quantitative estimate of drug-likeness (QED) is 0.738. The van der Waals surface area contributed by atoms with Crippen molar-refractivity contribution in [1.29, 1.82) is 0 Å². The lowest BCUT2D eigenvalue weighted by Crippen LogP contribution is -2.47. The molecule has 0 saturated carbocycles. The maximum absolute atomic E-state index is 12.6. The SMILES string of the molecule is COc1cccc(CN(CC(O)C(N)CC(C)C)C(=O)OC(C)(C)C)c1. The predicted molar refractivity (Wildman–Crippen MR) is 103 cm³/mol. The molecule has 0 heterocycles. The average Bonchev–Trinajstić information content (AvgIpc) is 2.52. The zero-order valence-electron chi connectivity index (χ0n) is 16.9. The smallest absolute Gasteiger partial charge is 0.410 e. The normalized spacial score (nSPS) is 14.0. The van der Waals surface area contributed by atoms with E-state index >= 15 is 0 Å². The van der Waals surface area contributed by atoms with Crippen molar-refractivity contribution in [2.75, 3.05) is 13.7 Å². The maximum Gasteiger partial charge on any atom is 0.410 e. The van der Waals surface area contributed by atoms with Crippen LogP contribution in [0.3, 0.4) is 0 Å². The number of nitrogens with zero attached hydrogens (tertiary/aromatic N) is 1. The Morgan fingerprint density at radius 2 is 1.96 bits per heavy atom. The number of nitrogens with two attached hydrogens (primary N) is 1. The lowest BCUT2D eigenvalue weighted by atomic mass is 9.99. The van der Waals surface area contributed by atoms with Gasteiger partial charge in [-0.3, -0.25) is 0 Å². The highest BCUT2D eigenvalue weighted by atomic mass is 16.6. The van der Waals surface area contributed by atoms with Gasteiger partial charge in [0.05, 0.1) is 19.8 Å². The van der Waals surface area contributed by atoms with Gasteiger partial charge in [0.1, 0.15) is 11.4 Å². The minimum atomic E-state index is -0.824. The van der Waals surface area contributed by atoms with Gasteiger partial charge in [-0.05, 0) is 50.8 Å². The molecule has 0 aromatic heterocycles. The molecule has 0 aliphatic carbocycles. The van der Waals surface area contributed by atoms with E-state index in [1.54, 1.807) is 7.11 Å². The van der Waals surface area contributed by atoms with Crippen molar-refractivity contribution >= 4 is 6.09 Å². The van der Waals surface area contributed by atoms with Crippen molar-refractivity contribution < 1.29 is 19.4 Å². The van der Waals surface area contributed by atoms with Crippen LogP contribution in [0.25, 0.3) is 0 Å². The first-order chi connectivity index (χ1) is 12.0. The Hall–Kier alpha value is -1.79.